The van der Waals surface area contributed by atoms with Crippen LogP contribution in [0.4, 0.5) is 0 Å². The highest BCUT2D eigenvalue weighted by molar-refractivity contribution is 7.86. The van der Waals surface area contributed by atoms with E-state index in [1.807, 2.05) is 60.7 Å². The van der Waals surface area contributed by atoms with Crippen molar-refractivity contribution in [2.75, 3.05) is 6.26 Å². The summed E-state index contributed by atoms with van der Waals surface area (Å²) in [5, 5.41) is 0. The van der Waals surface area contributed by atoms with E-state index in [1.54, 1.807) is 12.1 Å². The van der Waals surface area contributed by atoms with E-state index >= 15 is 0 Å². The molecule has 0 radical (unpaired) electrons. The van der Waals surface area contributed by atoms with Gasteiger partial charge in [-0.05, 0) is 28.8 Å². The van der Waals surface area contributed by atoms with E-state index < -0.39 is 34.0 Å². The van der Waals surface area contributed by atoms with Gasteiger partial charge in [0, 0.05) is 5.92 Å². The third-order valence-electron chi connectivity index (χ3n) is 5.11. The zero-order chi connectivity index (χ0) is 25.3. The number of carbonyl (C=O) groups excluding carboxylic acids is 2. The maximum absolute atomic E-state index is 12.7. The first-order chi connectivity index (χ1) is 16.7. The molecule has 0 heterocycles. The molecule has 2 N–H and O–H groups in total. The van der Waals surface area contributed by atoms with Crippen LogP contribution in [0.25, 0.3) is 0 Å². The average molecular weight is 498 g/mol. The lowest BCUT2D eigenvalue weighted by Gasteiger charge is -2.23. The Morgan fingerprint density at radius 2 is 1.31 bits per heavy atom. The van der Waals surface area contributed by atoms with Gasteiger partial charge in [0.05, 0.1) is 12.7 Å². The summed E-state index contributed by atoms with van der Waals surface area (Å²) >= 11 is 0. The normalized spacial score (nSPS) is 12.9. The molecule has 0 aromatic heterocycles. The van der Waals surface area contributed by atoms with Crippen molar-refractivity contribution in [3.63, 3.8) is 0 Å². The van der Waals surface area contributed by atoms with Gasteiger partial charge in [-0.15, -0.1) is 0 Å². The molecule has 8 nitrogen and oxygen atoms in total. The van der Waals surface area contributed by atoms with Crippen LogP contribution in [0.5, 0.6) is 5.75 Å². The Morgan fingerprint density at radius 3 is 1.83 bits per heavy atom. The van der Waals surface area contributed by atoms with Gasteiger partial charge in [0.1, 0.15) is 25.0 Å². The van der Waals surface area contributed by atoms with Gasteiger partial charge in [0.2, 0.25) is 0 Å². The number of nitrogens with two attached hydrogens (primary N) is 1. The van der Waals surface area contributed by atoms with E-state index in [1.165, 1.54) is 12.1 Å². The SMILES string of the molecule is CS(=O)(=O)Oc1ccc(C(CC(=O)OCc2ccccc2)C(N)C(=O)OCc2ccccc2)cc1. The molecule has 35 heavy (non-hydrogen) atoms. The standard InChI is InChI=1S/C26H27NO7S/c1-35(30,31)34-22-14-12-21(13-15-22)23(16-24(28)32-17-19-8-4-2-5-9-19)25(27)26(29)33-18-20-10-6-3-7-11-20/h2-15,23,25H,16-18,27H2,1H3. The molecule has 3 aromatic rings. The lowest BCUT2D eigenvalue weighted by Crippen LogP contribution is -2.39. The zero-order valence-corrected chi connectivity index (χ0v) is 20.0. The van der Waals surface area contributed by atoms with E-state index in [0.717, 1.165) is 17.4 Å². The van der Waals surface area contributed by atoms with Crippen molar-refractivity contribution in [2.45, 2.75) is 31.6 Å². The molecule has 0 saturated heterocycles. The first-order valence-corrected chi connectivity index (χ1v) is 12.7. The molecule has 2 atom stereocenters. The van der Waals surface area contributed by atoms with Gasteiger partial charge >= 0.3 is 22.1 Å². The largest absolute Gasteiger partial charge is 0.461 e. The Hall–Kier alpha value is -3.69. The maximum atomic E-state index is 12.7. The van der Waals surface area contributed by atoms with E-state index in [0.29, 0.717) is 5.56 Å². The summed E-state index contributed by atoms with van der Waals surface area (Å²) in [7, 11) is -3.70. The van der Waals surface area contributed by atoms with Crippen LogP contribution < -0.4 is 9.92 Å². The molecule has 0 bridgehead atoms. The predicted molar refractivity (Wildman–Crippen MR) is 130 cm³/mol. The van der Waals surface area contributed by atoms with Crippen LogP contribution in [0, 0.1) is 0 Å². The molecular weight excluding hydrogens is 470 g/mol. The molecule has 0 spiro atoms. The summed E-state index contributed by atoms with van der Waals surface area (Å²) < 4.78 is 38.4. The molecule has 3 rings (SSSR count). The summed E-state index contributed by atoms with van der Waals surface area (Å²) in [6.07, 6.45) is 0.756. The van der Waals surface area contributed by atoms with Gasteiger partial charge in [0.15, 0.2) is 0 Å². The highest BCUT2D eigenvalue weighted by Gasteiger charge is 2.30. The Labute approximate surface area is 204 Å². The van der Waals surface area contributed by atoms with Crippen LogP contribution in [0.1, 0.15) is 29.0 Å². The first kappa shape index (κ1) is 25.9. The monoisotopic (exact) mass is 497 g/mol. The number of hydrogen-bond donors (Lipinski definition) is 1. The lowest BCUT2D eigenvalue weighted by molar-refractivity contribution is -0.149. The molecular formula is C26H27NO7S. The van der Waals surface area contributed by atoms with Crippen LogP contribution in [0.15, 0.2) is 84.9 Å². The zero-order valence-electron chi connectivity index (χ0n) is 19.2. The highest BCUT2D eigenvalue weighted by atomic mass is 32.2. The lowest BCUT2D eigenvalue weighted by atomic mass is 9.89. The van der Waals surface area contributed by atoms with Gasteiger partial charge in [-0.2, -0.15) is 8.42 Å². The van der Waals surface area contributed by atoms with E-state index in [4.69, 9.17) is 19.4 Å². The van der Waals surface area contributed by atoms with Gasteiger partial charge in [-0.3, -0.25) is 9.59 Å². The summed E-state index contributed by atoms with van der Waals surface area (Å²) in [4.78, 5) is 25.4. The first-order valence-electron chi connectivity index (χ1n) is 10.9. The fraction of sp³-hybridized carbons (Fsp3) is 0.231. The van der Waals surface area contributed by atoms with Crippen molar-refractivity contribution in [3.05, 3.63) is 102 Å². The van der Waals surface area contributed by atoms with Crippen molar-refractivity contribution in [1.29, 1.82) is 0 Å². The van der Waals surface area contributed by atoms with Crippen LogP contribution in [-0.2, 0) is 42.4 Å². The smallest absolute Gasteiger partial charge is 0.323 e. The third-order valence-corrected chi connectivity index (χ3v) is 5.61. The van der Waals surface area contributed by atoms with E-state index in [-0.39, 0.29) is 25.4 Å². The van der Waals surface area contributed by atoms with Crippen molar-refractivity contribution >= 4 is 22.1 Å². The summed E-state index contributed by atoms with van der Waals surface area (Å²) in [6, 6.07) is 23.2. The molecule has 0 saturated carbocycles. The van der Waals surface area contributed by atoms with Gasteiger partial charge in [-0.25, -0.2) is 0 Å². The Bertz CT molecular complexity index is 1210. The van der Waals surface area contributed by atoms with Crippen LogP contribution in [0.2, 0.25) is 0 Å². The van der Waals surface area contributed by atoms with E-state index in [9.17, 15) is 18.0 Å². The van der Waals surface area contributed by atoms with E-state index in [2.05, 4.69) is 0 Å². The number of hydrogen-bond acceptors (Lipinski definition) is 8. The number of benzene rings is 3. The molecule has 2 unspecified atom stereocenters. The minimum Gasteiger partial charge on any atom is -0.461 e. The summed E-state index contributed by atoms with van der Waals surface area (Å²) in [5.74, 6) is -1.89. The number of rotatable bonds is 11. The fourth-order valence-corrected chi connectivity index (χ4v) is 3.82. The molecule has 0 amide bonds. The van der Waals surface area contributed by atoms with Crippen LogP contribution in [-0.4, -0.2) is 32.7 Å². The van der Waals surface area contributed by atoms with Crippen molar-refractivity contribution in [1.82, 2.24) is 0 Å². The fourth-order valence-electron chi connectivity index (χ4n) is 3.36. The molecule has 0 aliphatic carbocycles. The Morgan fingerprint density at radius 1 is 0.800 bits per heavy atom. The van der Waals surface area contributed by atoms with Gasteiger partial charge in [0.25, 0.3) is 0 Å². The Balaban J connectivity index is 1.73. The number of ether oxygens (including phenoxy) is 2. The van der Waals surface area contributed by atoms with Crippen molar-refractivity contribution in [3.8, 4) is 5.75 Å². The second-order valence-electron chi connectivity index (χ2n) is 7.93. The second kappa shape index (κ2) is 12.1. The van der Waals surface area contributed by atoms with Crippen molar-refractivity contribution in [2.24, 2.45) is 5.73 Å². The highest BCUT2D eigenvalue weighted by Crippen LogP contribution is 2.27. The summed E-state index contributed by atoms with van der Waals surface area (Å²) in [5.41, 5.74) is 8.40. The molecule has 3 aromatic carbocycles. The van der Waals surface area contributed by atoms with Crippen LogP contribution in [0.3, 0.4) is 0 Å². The summed E-state index contributed by atoms with van der Waals surface area (Å²) in [6.45, 7) is 0.126. The molecule has 0 fully saturated rings. The number of esters is 2. The average Bonchev–Trinajstić information content (AvgIpc) is 2.85. The maximum Gasteiger partial charge on any atom is 0.323 e. The predicted octanol–water partition coefficient (Wildman–Crippen LogP) is 3.31. The quantitative estimate of drug-likeness (QED) is 0.316. The molecule has 0 aliphatic heterocycles. The minimum atomic E-state index is -3.70. The second-order valence-corrected chi connectivity index (χ2v) is 9.51. The van der Waals surface area contributed by atoms with Gasteiger partial charge in [-0.1, -0.05) is 72.8 Å². The van der Waals surface area contributed by atoms with Gasteiger partial charge < -0.3 is 19.4 Å². The third kappa shape index (κ3) is 8.55. The van der Waals surface area contributed by atoms with Crippen LogP contribution >= 0.6 is 0 Å². The Kier molecular flexibility index (Phi) is 8.99. The van der Waals surface area contributed by atoms with Crippen molar-refractivity contribution < 1.29 is 31.7 Å². The number of carbonyl (C=O) groups is 2. The minimum absolute atomic E-state index is 0.0414. The molecule has 184 valence electrons. The molecule has 0 aliphatic rings. The molecule has 9 heteroatoms. The topological polar surface area (TPSA) is 122 Å².